The minimum atomic E-state index is -0.396. The molecule has 2 aromatic carbocycles. The highest BCUT2D eigenvalue weighted by Gasteiger charge is 2.35. The van der Waals surface area contributed by atoms with Crippen LogP contribution >= 0.6 is 11.8 Å². The van der Waals surface area contributed by atoms with Gasteiger partial charge >= 0.3 is 0 Å². The SMILES string of the molecule is CCC1=NN2C(=N)/C(=C/c3cc(C)n(-c4ccc5ccccc5c4)c3C)C(=O)N=C2S1. The molecule has 0 aliphatic carbocycles. The third-order valence-corrected chi connectivity index (χ3v) is 6.61. The minimum absolute atomic E-state index is 0.0708. The Labute approximate surface area is 184 Å². The number of aromatic nitrogens is 1. The molecule has 3 aromatic rings. The van der Waals surface area contributed by atoms with Crippen LogP contribution in [0.4, 0.5) is 0 Å². The van der Waals surface area contributed by atoms with Gasteiger partial charge in [0.25, 0.3) is 5.91 Å². The summed E-state index contributed by atoms with van der Waals surface area (Å²) in [6.07, 6.45) is 2.50. The fourth-order valence-electron chi connectivity index (χ4n) is 3.98. The van der Waals surface area contributed by atoms with Crippen molar-refractivity contribution in [3.8, 4) is 5.69 Å². The number of thioether (sulfide) groups is 1. The predicted octanol–water partition coefficient (Wildman–Crippen LogP) is 5.28. The maximum atomic E-state index is 12.7. The highest BCUT2D eigenvalue weighted by atomic mass is 32.2. The summed E-state index contributed by atoms with van der Waals surface area (Å²) < 4.78 is 2.17. The first-order valence-corrected chi connectivity index (χ1v) is 10.9. The number of aryl methyl sites for hydroxylation is 1. The van der Waals surface area contributed by atoms with Gasteiger partial charge in [-0.1, -0.05) is 37.3 Å². The molecule has 6 nitrogen and oxygen atoms in total. The van der Waals surface area contributed by atoms with Gasteiger partial charge in [-0.2, -0.15) is 15.1 Å². The summed E-state index contributed by atoms with van der Waals surface area (Å²) in [4.78, 5) is 16.8. The van der Waals surface area contributed by atoms with E-state index in [1.165, 1.54) is 27.5 Å². The zero-order valence-electron chi connectivity index (χ0n) is 17.5. The number of amidine groups is 2. The Morgan fingerprint density at radius 2 is 1.87 bits per heavy atom. The second-order valence-electron chi connectivity index (χ2n) is 7.56. The van der Waals surface area contributed by atoms with Crippen molar-refractivity contribution in [2.24, 2.45) is 10.1 Å². The number of hydrogen-bond acceptors (Lipinski definition) is 4. The number of carbonyl (C=O) groups excluding carboxylic acids is 1. The molecular weight excluding hydrogens is 406 g/mol. The van der Waals surface area contributed by atoms with Crippen LogP contribution in [-0.2, 0) is 4.79 Å². The van der Waals surface area contributed by atoms with Crippen molar-refractivity contribution in [3.05, 3.63) is 71.1 Å². The number of benzene rings is 2. The van der Waals surface area contributed by atoms with Gasteiger partial charge in [0, 0.05) is 17.1 Å². The molecule has 0 saturated carbocycles. The first-order chi connectivity index (χ1) is 15.0. The van der Waals surface area contributed by atoms with Gasteiger partial charge in [0.1, 0.15) is 5.04 Å². The lowest BCUT2D eigenvalue weighted by molar-refractivity contribution is -0.114. The van der Waals surface area contributed by atoms with E-state index in [2.05, 4.69) is 45.0 Å². The Kier molecular flexibility index (Phi) is 4.63. The van der Waals surface area contributed by atoms with E-state index in [1.54, 1.807) is 6.08 Å². The highest BCUT2D eigenvalue weighted by Crippen LogP contribution is 2.31. The average Bonchev–Trinajstić information content (AvgIpc) is 3.30. The maximum Gasteiger partial charge on any atom is 0.283 e. The van der Waals surface area contributed by atoms with Gasteiger partial charge in [0.15, 0.2) is 5.84 Å². The summed E-state index contributed by atoms with van der Waals surface area (Å²) in [6.45, 7) is 6.07. The second-order valence-corrected chi connectivity index (χ2v) is 8.60. The monoisotopic (exact) mass is 427 g/mol. The van der Waals surface area contributed by atoms with E-state index in [0.717, 1.165) is 34.1 Å². The molecule has 2 aliphatic heterocycles. The lowest BCUT2D eigenvalue weighted by Gasteiger charge is -2.20. The van der Waals surface area contributed by atoms with Crippen molar-refractivity contribution in [1.82, 2.24) is 9.58 Å². The molecule has 154 valence electrons. The second kappa shape index (κ2) is 7.35. The molecule has 2 aliphatic rings. The summed E-state index contributed by atoms with van der Waals surface area (Å²) in [5.74, 6) is -0.326. The average molecular weight is 428 g/mol. The molecule has 0 atom stereocenters. The number of rotatable bonds is 3. The normalized spacial score (nSPS) is 17.4. The fraction of sp³-hybridized carbons (Fsp3) is 0.167. The molecule has 0 fully saturated rings. The first-order valence-electron chi connectivity index (χ1n) is 10.1. The summed E-state index contributed by atoms with van der Waals surface area (Å²) in [5.41, 5.74) is 4.27. The van der Waals surface area contributed by atoms with Crippen LogP contribution in [0.15, 0.2) is 64.2 Å². The van der Waals surface area contributed by atoms with Crippen LogP contribution in [0.3, 0.4) is 0 Å². The van der Waals surface area contributed by atoms with Crippen LogP contribution in [0.1, 0.15) is 30.3 Å². The van der Waals surface area contributed by atoms with Crippen molar-refractivity contribution >= 4 is 50.6 Å². The third kappa shape index (κ3) is 3.21. The topological polar surface area (TPSA) is 73.8 Å². The number of hydrogen-bond donors (Lipinski definition) is 1. The number of fused-ring (bicyclic) bond motifs is 2. The zero-order chi connectivity index (χ0) is 21.7. The Balaban J connectivity index is 1.56. The summed E-state index contributed by atoms with van der Waals surface area (Å²) in [5, 5.41) is 18.1. The fourth-order valence-corrected chi connectivity index (χ4v) is 4.80. The first kappa shape index (κ1) is 19.5. The Morgan fingerprint density at radius 1 is 1.10 bits per heavy atom. The largest absolute Gasteiger partial charge is 0.318 e. The van der Waals surface area contributed by atoms with E-state index >= 15 is 0 Å². The number of amides is 1. The number of carbonyl (C=O) groups is 1. The standard InChI is InChI=1S/C24H21N5OS/c1-4-21-27-29-22(25)20(23(30)26-24(29)31-21)13-18-11-14(2)28(15(18)3)19-10-9-16-7-5-6-8-17(16)12-19/h5-13,25H,4H2,1-3H3/b20-13-,25-22?. The smallest absolute Gasteiger partial charge is 0.283 e. The zero-order valence-corrected chi connectivity index (χ0v) is 18.3. The van der Waals surface area contributed by atoms with Crippen molar-refractivity contribution in [3.63, 3.8) is 0 Å². The lowest BCUT2D eigenvalue weighted by atomic mass is 10.1. The van der Waals surface area contributed by atoms with Gasteiger partial charge in [0.05, 0.1) is 5.57 Å². The van der Waals surface area contributed by atoms with E-state index < -0.39 is 5.91 Å². The van der Waals surface area contributed by atoms with E-state index in [1.807, 2.05) is 39.0 Å². The highest BCUT2D eigenvalue weighted by molar-refractivity contribution is 8.26. The van der Waals surface area contributed by atoms with Crippen LogP contribution < -0.4 is 0 Å². The lowest BCUT2D eigenvalue weighted by Crippen LogP contribution is -2.35. The van der Waals surface area contributed by atoms with Crippen LogP contribution in [0.2, 0.25) is 0 Å². The minimum Gasteiger partial charge on any atom is -0.318 e. The molecule has 1 N–H and O–H groups in total. The molecule has 7 heteroatoms. The van der Waals surface area contributed by atoms with Gasteiger partial charge < -0.3 is 4.57 Å². The molecular formula is C24H21N5OS. The van der Waals surface area contributed by atoms with Gasteiger partial charge in [-0.3, -0.25) is 10.2 Å². The van der Waals surface area contributed by atoms with Gasteiger partial charge in [-0.25, -0.2) is 0 Å². The number of nitrogens with zero attached hydrogens (tertiary/aromatic N) is 4. The van der Waals surface area contributed by atoms with Gasteiger partial charge in [-0.15, -0.1) is 0 Å². The Bertz CT molecular complexity index is 1360. The quantitative estimate of drug-likeness (QED) is 0.578. The third-order valence-electron chi connectivity index (χ3n) is 5.56. The maximum absolute atomic E-state index is 12.7. The van der Waals surface area contributed by atoms with Crippen LogP contribution in [0.5, 0.6) is 0 Å². The van der Waals surface area contributed by atoms with E-state index in [9.17, 15) is 4.79 Å². The molecule has 0 spiro atoms. The Hall–Kier alpha value is -3.45. The van der Waals surface area contributed by atoms with Gasteiger partial charge in [0.2, 0.25) is 5.17 Å². The molecule has 0 saturated heterocycles. The molecule has 0 unspecified atom stereocenters. The van der Waals surface area contributed by atoms with E-state index in [0.29, 0.717) is 5.17 Å². The predicted molar refractivity (Wildman–Crippen MR) is 128 cm³/mol. The van der Waals surface area contributed by atoms with Crippen molar-refractivity contribution in [2.45, 2.75) is 27.2 Å². The van der Waals surface area contributed by atoms with Crippen molar-refractivity contribution in [2.75, 3.05) is 0 Å². The molecule has 1 aromatic heterocycles. The number of hydrazone groups is 1. The molecule has 0 radical (unpaired) electrons. The molecule has 1 amide bonds. The summed E-state index contributed by atoms with van der Waals surface area (Å²) in [6, 6.07) is 16.7. The van der Waals surface area contributed by atoms with E-state index in [-0.39, 0.29) is 11.4 Å². The molecule has 3 heterocycles. The summed E-state index contributed by atoms with van der Waals surface area (Å²) >= 11 is 1.35. The molecule has 0 bridgehead atoms. The summed E-state index contributed by atoms with van der Waals surface area (Å²) in [7, 11) is 0. The van der Waals surface area contributed by atoms with Crippen LogP contribution in [0, 0.1) is 19.3 Å². The molecule has 31 heavy (non-hydrogen) atoms. The number of nitrogens with one attached hydrogen (secondary N) is 1. The van der Waals surface area contributed by atoms with Gasteiger partial charge in [-0.05, 0) is 72.6 Å². The molecule has 5 rings (SSSR count). The van der Waals surface area contributed by atoms with Crippen LogP contribution in [0.25, 0.3) is 22.5 Å². The number of aliphatic imine (C=N–C) groups is 1. The Morgan fingerprint density at radius 3 is 2.65 bits per heavy atom. The van der Waals surface area contributed by atoms with Crippen LogP contribution in [-0.4, -0.2) is 31.5 Å². The van der Waals surface area contributed by atoms with Crippen molar-refractivity contribution in [1.29, 1.82) is 5.41 Å². The van der Waals surface area contributed by atoms with E-state index in [4.69, 9.17) is 5.41 Å². The van der Waals surface area contributed by atoms with Crippen molar-refractivity contribution < 1.29 is 4.79 Å².